The van der Waals surface area contributed by atoms with Crippen LogP contribution in [0.4, 0.5) is 0 Å². The summed E-state index contributed by atoms with van der Waals surface area (Å²) in [4.78, 5) is 11.3. The molecule has 4 heteroatoms. The third-order valence-corrected chi connectivity index (χ3v) is 3.69. The Labute approximate surface area is 93.2 Å². The van der Waals surface area contributed by atoms with Gasteiger partial charge in [0.2, 0.25) is 5.91 Å². The predicted octanol–water partition coefficient (Wildman–Crippen LogP) is 1.95. The number of benzene rings is 1. The fourth-order valence-electron chi connectivity index (χ4n) is 1.49. The second-order valence-electron chi connectivity index (χ2n) is 3.44. The summed E-state index contributed by atoms with van der Waals surface area (Å²) in [5.74, 6) is 0.946. The molecule has 0 unspecified atom stereocenters. The molecule has 0 saturated carbocycles. The van der Waals surface area contributed by atoms with Crippen LogP contribution < -0.4 is 10.1 Å². The number of ether oxygens (including phenoxy) is 1. The van der Waals surface area contributed by atoms with E-state index >= 15 is 0 Å². The minimum absolute atomic E-state index is 0.0390. The molecule has 0 radical (unpaired) electrons. The lowest BCUT2D eigenvalue weighted by molar-refractivity contribution is -0.119. The maximum atomic E-state index is 11.3. The van der Waals surface area contributed by atoms with Gasteiger partial charge in [0.15, 0.2) is 0 Å². The van der Waals surface area contributed by atoms with Crippen molar-refractivity contribution in [3.8, 4) is 5.75 Å². The normalized spacial score (nSPS) is 25.1. The SMILES string of the molecule is COc1ccc([C@@H]2NC(=O)[C@H](C)S2)cc1. The van der Waals surface area contributed by atoms with Crippen LogP contribution in [0.1, 0.15) is 17.9 Å². The van der Waals surface area contributed by atoms with E-state index in [1.807, 2.05) is 31.2 Å². The molecule has 1 aromatic rings. The Balaban J connectivity index is 2.13. The average Bonchev–Trinajstić information content (AvgIpc) is 2.59. The Morgan fingerprint density at radius 2 is 2.00 bits per heavy atom. The largest absolute Gasteiger partial charge is 0.497 e. The lowest BCUT2D eigenvalue weighted by Gasteiger charge is -2.09. The first-order chi connectivity index (χ1) is 7.20. The molecule has 1 aliphatic rings. The van der Waals surface area contributed by atoms with E-state index in [2.05, 4.69) is 5.32 Å². The van der Waals surface area contributed by atoms with Crippen LogP contribution >= 0.6 is 11.8 Å². The molecule has 0 bridgehead atoms. The zero-order valence-electron chi connectivity index (χ0n) is 8.69. The molecule has 0 aromatic heterocycles. The topological polar surface area (TPSA) is 38.3 Å². The molecule has 0 aliphatic carbocycles. The van der Waals surface area contributed by atoms with Crippen LogP contribution in [0.2, 0.25) is 0 Å². The lowest BCUT2D eigenvalue weighted by Crippen LogP contribution is -2.22. The number of amides is 1. The van der Waals surface area contributed by atoms with Crippen molar-refractivity contribution in [3.63, 3.8) is 0 Å². The van der Waals surface area contributed by atoms with Gasteiger partial charge in [0, 0.05) is 0 Å². The molecule has 1 aromatic carbocycles. The van der Waals surface area contributed by atoms with E-state index < -0.39 is 0 Å². The molecule has 1 aliphatic heterocycles. The Bertz CT molecular complexity index is 363. The minimum atomic E-state index is 0.0390. The Hall–Kier alpha value is -1.16. The minimum Gasteiger partial charge on any atom is -0.497 e. The lowest BCUT2D eigenvalue weighted by atomic mass is 10.2. The van der Waals surface area contributed by atoms with Gasteiger partial charge in [0.05, 0.1) is 12.4 Å². The summed E-state index contributed by atoms with van der Waals surface area (Å²) in [6.45, 7) is 1.92. The maximum absolute atomic E-state index is 11.3. The summed E-state index contributed by atoms with van der Waals surface area (Å²) in [7, 11) is 1.64. The second kappa shape index (κ2) is 4.14. The van der Waals surface area contributed by atoms with Gasteiger partial charge in [-0.3, -0.25) is 4.79 Å². The van der Waals surface area contributed by atoms with Gasteiger partial charge in [0.1, 0.15) is 11.1 Å². The summed E-state index contributed by atoms with van der Waals surface area (Å²) in [5.41, 5.74) is 1.11. The summed E-state index contributed by atoms with van der Waals surface area (Å²) in [5, 5.41) is 3.06. The first-order valence-corrected chi connectivity index (χ1v) is 5.75. The summed E-state index contributed by atoms with van der Waals surface area (Å²) < 4.78 is 5.08. The molecule has 1 fully saturated rings. The molecule has 1 heterocycles. The van der Waals surface area contributed by atoms with Crippen molar-refractivity contribution in [2.24, 2.45) is 0 Å². The zero-order chi connectivity index (χ0) is 10.8. The number of methoxy groups -OCH3 is 1. The van der Waals surface area contributed by atoms with Gasteiger partial charge in [-0.25, -0.2) is 0 Å². The van der Waals surface area contributed by atoms with Crippen LogP contribution in [0.5, 0.6) is 5.75 Å². The van der Waals surface area contributed by atoms with Crippen LogP contribution in [-0.2, 0) is 4.79 Å². The van der Waals surface area contributed by atoms with Crippen molar-refractivity contribution < 1.29 is 9.53 Å². The molecule has 2 rings (SSSR count). The fraction of sp³-hybridized carbons (Fsp3) is 0.364. The van der Waals surface area contributed by atoms with Gasteiger partial charge in [-0.05, 0) is 24.6 Å². The van der Waals surface area contributed by atoms with Gasteiger partial charge < -0.3 is 10.1 Å². The van der Waals surface area contributed by atoms with E-state index in [4.69, 9.17) is 4.74 Å². The zero-order valence-corrected chi connectivity index (χ0v) is 9.51. The van der Waals surface area contributed by atoms with Crippen molar-refractivity contribution in [1.82, 2.24) is 5.32 Å². The van der Waals surface area contributed by atoms with Crippen LogP contribution in [0, 0.1) is 0 Å². The van der Waals surface area contributed by atoms with Crippen LogP contribution in [0.3, 0.4) is 0 Å². The van der Waals surface area contributed by atoms with Gasteiger partial charge >= 0.3 is 0 Å². The molecule has 1 amide bonds. The Morgan fingerprint density at radius 3 is 2.47 bits per heavy atom. The van der Waals surface area contributed by atoms with Crippen molar-refractivity contribution >= 4 is 17.7 Å². The van der Waals surface area contributed by atoms with Crippen LogP contribution in [-0.4, -0.2) is 18.3 Å². The number of thioether (sulfide) groups is 1. The van der Waals surface area contributed by atoms with Gasteiger partial charge in [-0.1, -0.05) is 12.1 Å². The number of hydrogen-bond donors (Lipinski definition) is 1. The summed E-state index contributed by atoms with van der Waals surface area (Å²) in [6.07, 6.45) is 0. The smallest absolute Gasteiger partial charge is 0.234 e. The standard InChI is InChI=1S/C11H13NO2S/c1-7-10(13)12-11(15-7)8-3-5-9(14-2)6-4-8/h3-7,11H,1-2H3,(H,12,13)/t7-,11+/m0/s1. The monoisotopic (exact) mass is 223 g/mol. The number of rotatable bonds is 2. The third-order valence-electron chi connectivity index (χ3n) is 2.40. The number of carbonyl (C=O) groups excluding carboxylic acids is 1. The highest BCUT2D eigenvalue weighted by molar-refractivity contribution is 8.01. The number of carbonyl (C=O) groups is 1. The van der Waals surface area contributed by atoms with Crippen molar-refractivity contribution in [3.05, 3.63) is 29.8 Å². The second-order valence-corrected chi connectivity index (χ2v) is 4.89. The van der Waals surface area contributed by atoms with E-state index in [1.165, 1.54) is 0 Å². The van der Waals surface area contributed by atoms with Crippen molar-refractivity contribution in [2.75, 3.05) is 7.11 Å². The summed E-state index contributed by atoms with van der Waals surface area (Å²) in [6, 6.07) is 7.78. The molecular formula is C11H13NO2S. The molecule has 15 heavy (non-hydrogen) atoms. The number of nitrogens with one attached hydrogen (secondary N) is 1. The molecule has 1 saturated heterocycles. The van der Waals surface area contributed by atoms with E-state index in [1.54, 1.807) is 18.9 Å². The fourth-order valence-corrected chi connectivity index (χ4v) is 2.59. The van der Waals surface area contributed by atoms with Crippen LogP contribution in [0.15, 0.2) is 24.3 Å². The van der Waals surface area contributed by atoms with E-state index in [9.17, 15) is 4.79 Å². The number of hydrogen-bond acceptors (Lipinski definition) is 3. The molecule has 3 nitrogen and oxygen atoms in total. The highest BCUT2D eigenvalue weighted by Crippen LogP contribution is 2.35. The molecule has 2 atom stereocenters. The van der Waals surface area contributed by atoms with Gasteiger partial charge in [-0.15, -0.1) is 11.8 Å². The van der Waals surface area contributed by atoms with E-state index in [0.29, 0.717) is 0 Å². The first kappa shape index (κ1) is 10.4. The predicted molar refractivity (Wildman–Crippen MR) is 60.9 cm³/mol. The molecule has 1 N–H and O–H groups in total. The van der Waals surface area contributed by atoms with E-state index in [0.717, 1.165) is 11.3 Å². The molecule has 0 spiro atoms. The Kier molecular flexibility index (Phi) is 2.86. The maximum Gasteiger partial charge on any atom is 0.234 e. The Morgan fingerprint density at radius 1 is 1.33 bits per heavy atom. The quantitative estimate of drug-likeness (QED) is 0.832. The highest BCUT2D eigenvalue weighted by Gasteiger charge is 2.29. The van der Waals surface area contributed by atoms with Gasteiger partial charge in [-0.2, -0.15) is 0 Å². The molecule has 80 valence electrons. The van der Waals surface area contributed by atoms with Gasteiger partial charge in [0.25, 0.3) is 0 Å². The first-order valence-electron chi connectivity index (χ1n) is 4.80. The van der Waals surface area contributed by atoms with Crippen molar-refractivity contribution in [2.45, 2.75) is 17.5 Å². The average molecular weight is 223 g/mol. The van der Waals surface area contributed by atoms with Crippen LogP contribution in [0.25, 0.3) is 0 Å². The van der Waals surface area contributed by atoms with Crippen molar-refractivity contribution in [1.29, 1.82) is 0 Å². The third kappa shape index (κ3) is 2.09. The summed E-state index contributed by atoms with van der Waals surface area (Å²) >= 11 is 1.64. The highest BCUT2D eigenvalue weighted by atomic mass is 32.2. The van der Waals surface area contributed by atoms with E-state index in [-0.39, 0.29) is 16.5 Å². The molecular weight excluding hydrogens is 210 g/mol.